The van der Waals surface area contributed by atoms with Crippen LogP contribution >= 0.6 is 11.3 Å². The second kappa shape index (κ2) is 17.0. The second-order valence-electron chi connectivity index (χ2n) is 9.25. The van der Waals surface area contributed by atoms with E-state index in [1.807, 2.05) is 23.1 Å². The maximum atomic E-state index is 13.6. The summed E-state index contributed by atoms with van der Waals surface area (Å²) in [5.74, 6) is 1.36. The van der Waals surface area contributed by atoms with Gasteiger partial charge in [-0.2, -0.15) is 0 Å². The van der Waals surface area contributed by atoms with Gasteiger partial charge in [0.15, 0.2) is 11.5 Å². The molecule has 2 aromatic rings. The molecule has 0 fully saturated rings. The Hall–Kier alpha value is -2.58. The number of nitrogens with zero attached hydrogens (tertiary/aromatic N) is 2. The average molecular weight is 533 g/mol. The quantitative estimate of drug-likeness (QED) is 0.238. The van der Waals surface area contributed by atoms with Gasteiger partial charge < -0.3 is 24.0 Å². The summed E-state index contributed by atoms with van der Waals surface area (Å²) in [4.78, 5) is 31.4. The zero-order chi connectivity index (χ0) is 27.0. The predicted molar refractivity (Wildman–Crippen MR) is 150 cm³/mol. The van der Waals surface area contributed by atoms with Crippen LogP contribution in [0.1, 0.15) is 61.5 Å². The molecule has 0 radical (unpaired) electrons. The third-order valence-corrected chi connectivity index (χ3v) is 7.48. The average Bonchev–Trinajstić information content (AvgIpc) is 3.31. The lowest BCUT2D eigenvalue weighted by atomic mass is 10.1. The first-order chi connectivity index (χ1) is 17.9. The highest BCUT2D eigenvalue weighted by molar-refractivity contribution is 7.10. The van der Waals surface area contributed by atoms with Crippen LogP contribution in [0.15, 0.2) is 29.6 Å². The van der Waals surface area contributed by atoms with Crippen LogP contribution in [0.3, 0.4) is 0 Å². The topological polar surface area (TPSA) is 68.3 Å². The van der Waals surface area contributed by atoms with Crippen molar-refractivity contribution in [3.63, 3.8) is 0 Å². The molecular formula is C29H44N2O5S. The summed E-state index contributed by atoms with van der Waals surface area (Å²) in [7, 11) is 4.89. The van der Waals surface area contributed by atoms with E-state index in [9.17, 15) is 9.59 Å². The molecule has 1 heterocycles. The van der Waals surface area contributed by atoms with Gasteiger partial charge in [0.05, 0.1) is 27.3 Å². The number of amides is 2. The van der Waals surface area contributed by atoms with Gasteiger partial charge in [0.25, 0.3) is 0 Å². The number of rotatable bonds is 18. The van der Waals surface area contributed by atoms with Crippen molar-refractivity contribution in [2.24, 2.45) is 0 Å². The first-order valence-electron chi connectivity index (χ1n) is 13.2. The second-order valence-corrected chi connectivity index (χ2v) is 10.3. The first kappa shape index (κ1) is 30.6. The fraction of sp³-hybridized carbons (Fsp3) is 0.586. The molecule has 8 heteroatoms. The van der Waals surface area contributed by atoms with Crippen LogP contribution in [-0.4, -0.2) is 69.2 Å². The lowest BCUT2D eigenvalue weighted by Gasteiger charge is -2.28. The largest absolute Gasteiger partial charge is 0.493 e. The number of thiophene rings is 1. The lowest BCUT2D eigenvalue weighted by molar-refractivity contribution is -0.141. The van der Waals surface area contributed by atoms with E-state index in [0.717, 1.165) is 36.1 Å². The summed E-state index contributed by atoms with van der Waals surface area (Å²) in [6.45, 7) is 6.48. The van der Waals surface area contributed by atoms with Crippen LogP contribution in [0.25, 0.3) is 0 Å². The highest BCUT2D eigenvalue weighted by atomic mass is 32.1. The molecule has 0 aliphatic heterocycles. The minimum Gasteiger partial charge on any atom is -0.493 e. The summed E-state index contributed by atoms with van der Waals surface area (Å²) < 4.78 is 16.0. The molecule has 206 valence electrons. The van der Waals surface area contributed by atoms with E-state index in [4.69, 9.17) is 14.2 Å². The van der Waals surface area contributed by atoms with Crippen LogP contribution in [0.4, 0.5) is 0 Å². The Balaban J connectivity index is 2.14. The van der Waals surface area contributed by atoms with Crippen LogP contribution in [0.2, 0.25) is 0 Å². The summed E-state index contributed by atoms with van der Waals surface area (Å²) in [6, 6.07) is 7.92. The highest BCUT2D eigenvalue weighted by Crippen LogP contribution is 2.28. The molecule has 0 saturated carbocycles. The Labute approximate surface area is 226 Å². The molecule has 0 aliphatic rings. The lowest BCUT2D eigenvalue weighted by Crippen LogP contribution is -2.44. The van der Waals surface area contributed by atoms with Crippen molar-refractivity contribution in [2.75, 3.05) is 47.6 Å². The summed E-state index contributed by atoms with van der Waals surface area (Å²) >= 11 is 1.66. The van der Waals surface area contributed by atoms with Crippen molar-refractivity contribution >= 4 is 23.2 Å². The molecule has 7 nitrogen and oxygen atoms in total. The van der Waals surface area contributed by atoms with Crippen molar-refractivity contribution in [3.05, 3.63) is 45.6 Å². The van der Waals surface area contributed by atoms with Gasteiger partial charge in [-0.3, -0.25) is 9.59 Å². The number of methoxy groups -OCH3 is 3. The van der Waals surface area contributed by atoms with E-state index < -0.39 is 0 Å². The number of hydrogen-bond donors (Lipinski definition) is 0. The molecule has 0 saturated heterocycles. The SMILES string of the molecule is CCCCCCC(=O)N(CCCOC)CC(=O)N(CCc1ccc(OC)c(OC)c1)Cc1sccc1C. The Kier molecular flexibility index (Phi) is 14.1. The zero-order valence-electron chi connectivity index (χ0n) is 23.2. The normalized spacial score (nSPS) is 10.8. The van der Waals surface area contributed by atoms with Crippen molar-refractivity contribution < 1.29 is 23.8 Å². The third kappa shape index (κ3) is 10.4. The zero-order valence-corrected chi connectivity index (χ0v) is 24.0. The van der Waals surface area contributed by atoms with Gasteiger partial charge in [0.1, 0.15) is 0 Å². The van der Waals surface area contributed by atoms with Gasteiger partial charge >= 0.3 is 0 Å². The summed E-state index contributed by atoms with van der Waals surface area (Å²) in [5.41, 5.74) is 2.24. The molecule has 0 bridgehead atoms. The van der Waals surface area contributed by atoms with Crippen LogP contribution < -0.4 is 9.47 Å². The Morgan fingerprint density at radius 2 is 1.68 bits per heavy atom. The number of benzene rings is 1. The minimum absolute atomic E-state index is 0.0346. The van der Waals surface area contributed by atoms with Gasteiger partial charge in [-0.1, -0.05) is 32.3 Å². The summed E-state index contributed by atoms with van der Waals surface area (Å²) in [5, 5.41) is 2.05. The monoisotopic (exact) mass is 532 g/mol. The predicted octanol–water partition coefficient (Wildman–Crippen LogP) is 5.48. The van der Waals surface area contributed by atoms with Gasteiger partial charge in [0.2, 0.25) is 11.8 Å². The van der Waals surface area contributed by atoms with E-state index in [0.29, 0.717) is 57.0 Å². The standard InChI is InChI=1S/C29H44N2O5S/c1-6-7-8-9-11-28(32)30(16-10-18-34-3)22-29(33)31(21-27-23(2)15-19-37-27)17-14-24-12-13-25(35-4)26(20-24)36-5/h12-13,15,19-20H,6-11,14,16-18,21-22H2,1-5H3. The molecule has 0 spiro atoms. The molecule has 0 aliphatic carbocycles. The maximum absolute atomic E-state index is 13.6. The van der Waals surface area contributed by atoms with E-state index in [-0.39, 0.29) is 18.4 Å². The van der Waals surface area contributed by atoms with Gasteiger partial charge in [0, 0.05) is 38.1 Å². The van der Waals surface area contributed by atoms with Crippen LogP contribution in [-0.2, 0) is 27.3 Å². The number of aryl methyl sites for hydroxylation is 1. The van der Waals surface area contributed by atoms with Gasteiger partial charge in [-0.05, 0) is 60.9 Å². The molecule has 37 heavy (non-hydrogen) atoms. The van der Waals surface area contributed by atoms with Crippen molar-refractivity contribution in [2.45, 2.75) is 65.3 Å². The third-order valence-electron chi connectivity index (χ3n) is 6.47. The molecule has 0 atom stereocenters. The number of carbonyl (C=O) groups excluding carboxylic acids is 2. The molecule has 1 aromatic carbocycles. The molecule has 0 N–H and O–H groups in total. The van der Waals surface area contributed by atoms with Crippen molar-refractivity contribution in [3.8, 4) is 11.5 Å². The molecule has 2 rings (SSSR count). The number of carbonyl (C=O) groups is 2. The van der Waals surface area contributed by atoms with Gasteiger partial charge in [-0.15, -0.1) is 11.3 Å². The molecular weight excluding hydrogens is 488 g/mol. The number of hydrogen-bond acceptors (Lipinski definition) is 6. The van der Waals surface area contributed by atoms with Crippen molar-refractivity contribution in [1.29, 1.82) is 0 Å². The Morgan fingerprint density at radius 3 is 2.32 bits per heavy atom. The number of unbranched alkanes of at least 4 members (excludes halogenated alkanes) is 3. The highest BCUT2D eigenvalue weighted by Gasteiger charge is 2.22. The van der Waals surface area contributed by atoms with E-state index in [1.54, 1.807) is 37.6 Å². The van der Waals surface area contributed by atoms with Crippen molar-refractivity contribution in [1.82, 2.24) is 9.80 Å². The fourth-order valence-corrected chi connectivity index (χ4v) is 5.07. The Bertz CT molecular complexity index is 962. The van der Waals surface area contributed by atoms with Crippen LogP contribution in [0.5, 0.6) is 11.5 Å². The van der Waals surface area contributed by atoms with Gasteiger partial charge in [-0.25, -0.2) is 0 Å². The molecule has 0 unspecified atom stereocenters. The minimum atomic E-state index is -0.0346. The van der Waals surface area contributed by atoms with Crippen LogP contribution in [0, 0.1) is 6.92 Å². The summed E-state index contributed by atoms with van der Waals surface area (Å²) in [6.07, 6.45) is 6.01. The smallest absolute Gasteiger partial charge is 0.242 e. The van der Waals surface area contributed by atoms with E-state index in [2.05, 4.69) is 25.3 Å². The Morgan fingerprint density at radius 1 is 0.892 bits per heavy atom. The van der Waals surface area contributed by atoms with E-state index >= 15 is 0 Å². The fourth-order valence-electron chi connectivity index (χ4n) is 4.15. The molecule has 2 amide bonds. The van der Waals surface area contributed by atoms with E-state index in [1.165, 1.54) is 5.56 Å². The first-order valence-corrected chi connectivity index (χ1v) is 14.1. The maximum Gasteiger partial charge on any atom is 0.242 e. The molecule has 1 aromatic heterocycles. The number of ether oxygens (including phenoxy) is 3.